The van der Waals surface area contributed by atoms with Crippen LogP contribution in [0.2, 0.25) is 10.0 Å². The number of rotatable bonds is 6. The molecule has 0 aromatic heterocycles. The van der Waals surface area contributed by atoms with E-state index in [9.17, 15) is 9.59 Å². The van der Waals surface area contributed by atoms with E-state index in [1.54, 1.807) is 18.2 Å². The normalized spacial score (nSPS) is 9.84. The molecule has 0 radical (unpaired) electrons. The highest BCUT2D eigenvalue weighted by Crippen LogP contribution is 2.26. The van der Waals surface area contributed by atoms with E-state index in [1.165, 1.54) is 7.11 Å². The van der Waals surface area contributed by atoms with Gasteiger partial charge in [0.1, 0.15) is 12.3 Å². The van der Waals surface area contributed by atoms with Crippen LogP contribution in [-0.4, -0.2) is 32.1 Å². The maximum atomic E-state index is 11.3. The molecule has 104 valence electrons. The summed E-state index contributed by atoms with van der Waals surface area (Å²) in [6.07, 6.45) is 0.122. The van der Waals surface area contributed by atoms with Crippen molar-refractivity contribution in [2.45, 2.75) is 6.42 Å². The number of nitrogens with one attached hydrogen (secondary N) is 1. The quantitative estimate of drug-likeness (QED) is 0.817. The highest BCUT2D eigenvalue weighted by Gasteiger charge is 2.06. The monoisotopic (exact) mass is 305 g/mol. The molecule has 0 heterocycles. The molecule has 5 nitrogen and oxygen atoms in total. The lowest BCUT2D eigenvalue weighted by Gasteiger charge is -2.07. The number of hydrogen-bond acceptors (Lipinski definition) is 4. The molecule has 1 aromatic carbocycles. The summed E-state index contributed by atoms with van der Waals surface area (Å²) in [7, 11) is 1.25. The van der Waals surface area contributed by atoms with Crippen molar-refractivity contribution in [3.05, 3.63) is 28.2 Å². The maximum absolute atomic E-state index is 11.3. The number of carbonyl (C=O) groups is 2. The molecule has 0 bridgehead atoms. The van der Waals surface area contributed by atoms with Gasteiger partial charge in [-0.1, -0.05) is 23.2 Å². The minimum Gasteiger partial charge on any atom is -0.493 e. The Bertz CT molecular complexity index is 465. The average Bonchev–Trinajstić information content (AvgIpc) is 2.40. The van der Waals surface area contributed by atoms with Crippen LogP contribution in [0.25, 0.3) is 0 Å². The Morgan fingerprint density at radius 1 is 1.26 bits per heavy atom. The Hall–Kier alpha value is -1.46. The zero-order valence-corrected chi connectivity index (χ0v) is 11.8. The summed E-state index contributed by atoms with van der Waals surface area (Å²) in [4.78, 5) is 22.1. The molecule has 0 aliphatic heterocycles. The van der Waals surface area contributed by atoms with Crippen LogP contribution in [0.3, 0.4) is 0 Å². The van der Waals surface area contributed by atoms with E-state index in [0.29, 0.717) is 15.8 Å². The van der Waals surface area contributed by atoms with Crippen molar-refractivity contribution in [2.24, 2.45) is 0 Å². The maximum Gasteiger partial charge on any atom is 0.325 e. The van der Waals surface area contributed by atoms with Gasteiger partial charge in [0, 0.05) is 6.07 Å². The van der Waals surface area contributed by atoms with E-state index in [2.05, 4.69) is 10.1 Å². The SMILES string of the molecule is COC(=O)CNC(=O)CCOc1ccc(Cl)c(Cl)c1. The summed E-state index contributed by atoms with van der Waals surface area (Å²) in [6.45, 7) is 0.0209. The number of carbonyl (C=O) groups excluding carboxylic acids is 2. The van der Waals surface area contributed by atoms with Gasteiger partial charge in [0.2, 0.25) is 5.91 Å². The summed E-state index contributed by atoms with van der Waals surface area (Å²) >= 11 is 11.6. The van der Waals surface area contributed by atoms with Crippen molar-refractivity contribution < 1.29 is 19.1 Å². The predicted octanol–water partition coefficient (Wildman–Crippen LogP) is 2.05. The van der Waals surface area contributed by atoms with Crippen molar-refractivity contribution in [1.82, 2.24) is 5.32 Å². The first kappa shape index (κ1) is 15.6. The van der Waals surface area contributed by atoms with Gasteiger partial charge in [-0.05, 0) is 12.1 Å². The van der Waals surface area contributed by atoms with E-state index >= 15 is 0 Å². The molecule has 0 aliphatic carbocycles. The molecule has 0 spiro atoms. The lowest BCUT2D eigenvalue weighted by atomic mass is 10.3. The van der Waals surface area contributed by atoms with Crippen LogP contribution in [-0.2, 0) is 14.3 Å². The van der Waals surface area contributed by atoms with Gasteiger partial charge in [0.05, 0.1) is 30.2 Å². The number of ether oxygens (including phenoxy) is 2. The molecule has 0 fully saturated rings. The minimum absolute atomic E-state index is 0.122. The molecule has 0 saturated heterocycles. The van der Waals surface area contributed by atoms with E-state index in [0.717, 1.165) is 0 Å². The van der Waals surface area contributed by atoms with Gasteiger partial charge < -0.3 is 14.8 Å². The van der Waals surface area contributed by atoms with E-state index < -0.39 is 5.97 Å². The second kappa shape index (κ2) is 7.86. The minimum atomic E-state index is -0.501. The van der Waals surface area contributed by atoms with Gasteiger partial charge in [-0.3, -0.25) is 9.59 Å². The Kier molecular flexibility index (Phi) is 6.45. The molecule has 1 N–H and O–H groups in total. The molecular formula is C12H13Cl2NO4. The van der Waals surface area contributed by atoms with Gasteiger partial charge in [0.15, 0.2) is 0 Å². The fraction of sp³-hybridized carbons (Fsp3) is 0.333. The van der Waals surface area contributed by atoms with E-state index in [-0.39, 0.29) is 25.5 Å². The van der Waals surface area contributed by atoms with Gasteiger partial charge >= 0.3 is 5.97 Å². The Balaban J connectivity index is 2.28. The molecular weight excluding hydrogens is 293 g/mol. The summed E-state index contributed by atoms with van der Waals surface area (Å²) in [5, 5.41) is 3.22. The first-order valence-electron chi connectivity index (χ1n) is 5.44. The summed E-state index contributed by atoms with van der Waals surface area (Å²) < 4.78 is 9.71. The molecule has 1 rings (SSSR count). The van der Waals surface area contributed by atoms with Crippen LogP contribution in [0, 0.1) is 0 Å². The Morgan fingerprint density at radius 3 is 2.63 bits per heavy atom. The smallest absolute Gasteiger partial charge is 0.325 e. The lowest BCUT2D eigenvalue weighted by Crippen LogP contribution is -2.30. The molecule has 7 heteroatoms. The number of hydrogen-bond donors (Lipinski definition) is 1. The van der Waals surface area contributed by atoms with E-state index in [1.807, 2.05) is 0 Å². The predicted molar refractivity (Wildman–Crippen MR) is 71.6 cm³/mol. The molecule has 0 unspecified atom stereocenters. The standard InChI is InChI=1S/C12H13Cl2NO4/c1-18-12(17)7-15-11(16)4-5-19-8-2-3-9(13)10(14)6-8/h2-3,6H,4-5,7H2,1H3,(H,15,16). The number of esters is 1. The van der Waals surface area contributed by atoms with Crippen molar-refractivity contribution in [3.63, 3.8) is 0 Å². The largest absolute Gasteiger partial charge is 0.493 e. The fourth-order valence-electron chi connectivity index (χ4n) is 1.16. The van der Waals surface area contributed by atoms with Crippen molar-refractivity contribution >= 4 is 35.1 Å². The summed E-state index contributed by atoms with van der Waals surface area (Å²) in [6, 6.07) is 4.83. The molecule has 0 aliphatic rings. The summed E-state index contributed by atoms with van der Waals surface area (Å²) in [5.74, 6) is -0.278. The van der Waals surface area contributed by atoms with Gasteiger partial charge in [-0.2, -0.15) is 0 Å². The van der Waals surface area contributed by atoms with Gasteiger partial charge in [0.25, 0.3) is 0 Å². The number of amides is 1. The van der Waals surface area contributed by atoms with Crippen LogP contribution in [0.4, 0.5) is 0 Å². The van der Waals surface area contributed by atoms with Crippen LogP contribution in [0.1, 0.15) is 6.42 Å². The van der Waals surface area contributed by atoms with Crippen LogP contribution in [0.15, 0.2) is 18.2 Å². The number of halogens is 2. The third-order valence-electron chi connectivity index (χ3n) is 2.15. The fourth-order valence-corrected chi connectivity index (χ4v) is 1.45. The lowest BCUT2D eigenvalue weighted by molar-refractivity contribution is -0.141. The van der Waals surface area contributed by atoms with Crippen molar-refractivity contribution in [2.75, 3.05) is 20.3 Å². The third-order valence-corrected chi connectivity index (χ3v) is 2.89. The van der Waals surface area contributed by atoms with Crippen molar-refractivity contribution in [3.8, 4) is 5.75 Å². The molecule has 0 saturated carbocycles. The van der Waals surface area contributed by atoms with Crippen LogP contribution < -0.4 is 10.1 Å². The molecule has 19 heavy (non-hydrogen) atoms. The van der Waals surface area contributed by atoms with Crippen LogP contribution >= 0.6 is 23.2 Å². The van der Waals surface area contributed by atoms with Gasteiger partial charge in [-0.15, -0.1) is 0 Å². The first-order chi connectivity index (χ1) is 9.02. The molecule has 0 atom stereocenters. The number of benzene rings is 1. The second-order valence-electron chi connectivity index (χ2n) is 3.53. The Labute approximate surface area is 120 Å². The molecule has 1 amide bonds. The Morgan fingerprint density at radius 2 is 2.00 bits per heavy atom. The first-order valence-corrected chi connectivity index (χ1v) is 6.20. The summed E-state index contributed by atoms with van der Waals surface area (Å²) in [5.41, 5.74) is 0. The highest BCUT2D eigenvalue weighted by atomic mass is 35.5. The van der Waals surface area contributed by atoms with Crippen LogP contribution in [0.5, 0.6) is 5.75 Å². The van der Waals surface area contributed by atoms with Crippen molar-refractivity contribution in [1.29, 1.82) is 0 Å². The zero-order valence-electron chi connectivity index (χ0n) is 10.2. The second-order valence-corrected chi connectivity index (χ2v) is 4.34. The van der Waals surface area contributed by atoms with E-state index in [4.69, 9.17) is 27.9 Å². The highest BCUT2D eigenvalue weighted by molar-refractivity contribution is 6.42. The van der Waals surface area contributed by atoms with Gasteiger partial charge in [-0.25, -0.2) is 0 Å². The third kappa shape index (κ3) is 5.81. The average molecular weight is 306 g/mol. The molecule has 1 aromatic rings. The zero-order chi connectivity index (χ0) is 14.3. The number of methoxy groups -OCH3 is 1. The topological polar surface area (TPSA) is 64.6 Å².